The molecule has 0 aliphatic carbocycles. The van der Waals surface area contributed by atoms with Crippen molar-refractivity contribution in [2.45, 2.75) is 32.0 Å². The van der Waals surface area contributed by atoms with Crippen molar-refractivity contribution in [3.8, 4) is 6.07 Å². The fourth-order valence-corrected chi connectivity index (χ4v) is 2.74. The molecule has 1 saturated heterocycles. The molecule has 2 unspecified atom stereocenters. The molecule has 0 spiro atoms. The molecule has 1 aromatic rings. The van der Waals surface area contributed by atoms with Crippen molar-refractivity contribution in [2.75, 3.05) is 11.4 Å². The van der Waals surface area contributed by atoms with Crippen molar-refractivity contribution in [1.29, 1.82) is 5.26 Å². The Morgan fingerprint density at radius 2 is 2.09 bits per heavy atom. The topological polar surface area (TPSA) is 70.1 Å². The molecular weight excluding hydrogens is 295 g/mol. The number of carbonyl (C=O) groups is 1. The van der Waals surface area contributed by atoms with Crippen LogP contribution in [-0.2, 0) is 11.0 Å². The summed E-state index contributed by atoms with van der Waals surface area (Å²) in [6.07, 6.45) is -3.28. The van der Waals surface area contributed by atoms with E-state index in [1.165, 1.54) is 12.1 Å². The Kier molecular flexibility index (Phi) is 4.31. The summed E-state index contributed by atoms with van der Waals surface area (Å²) in [7, 11) is 0. The van der Waals surface area contributed by atoms with Crippen molar-refractivity contribution < 1.29 is 18.0 Å². The summed E-state index contributed by atoms with van der Waals surface area (Å²) in [5.41, 5.74) is 4.29. The summed E-state index contributed by atoms with van der Waals surface area (Å²) in [5, 5.41) is 8.83. The normalized spacial score (nSPS) is 22.2. The summed E-state index contributed by atoms with van der Waals surface area (Å²) in [6.45, 7) is 2.18. The predicted molar refractivity (Wildman–Crippen MR) is 74.9 cm³/mol. The average molecular weight is 311 g/mol. The van der Waals surface area contributed by atoms with Crippen molar-refractivity contribution in [3.63, 3.8) is 0 Å². The lowest BCUT2D eigenvalue weighted by Gasteiger charge is -2.39. The van der Waals surface area contributed by atoms with Gasteiger partial charge in [-0.2, -0.15) is 18.4 Å². The van der Waals surface area contributed by atoms with Crippen molar-refractivity contribution in [3.05, 3.63) is 29.3 Å². The van der Waals surface area contributed by atoms with E-state index in [0.29, 0.717) is 25.1 Å². The highest BCUT2D eigenvalue weighted by Crippen LogP contribution is 2.36. The highest BCUT2D eigenvalue weighted by Gasteiger charge is 2.35. The first-order valence-electron chi connectivity index (χ1n) is 6.91. The van der Waals surface area contributed by atoms with Gasteiger partial charge >= 0.3 is 6.18 Å². The summed E-state index contributed by atoms with van der Waals surface area (Å²) in [5.74, 6) is -0.817. The lowest BCUT2D eigenvalue weighted by molar-refractivity contribution is -0.137. The second-order valence-corrected chi connectivity index (χ2v) is 5.52. The van der Waals surface area contributed by atoms with Gasteiger partial charge in [0.05, 0.1) is 23.1 Å². The van der Waals surface area contributed by atoms with Gasteiger partial charge in [0.1, 0.15) is 0 Å². The van der Waals surface area contributed by atoms with Crippen LogP contribution < -0.4 is 10.6 Å². The van der Waals surface area contributed by atoms with Crippen LogP contribution in [0.1, 0.15) is 30.9 Å². The Labute approximate surface area is 126 Å². The molecule has 0 radical (unpaired) electrons. The van der Waals surface area contributed by atoms with E-state index in [1.807, 2.05) is 6.92 Å². The van der Waals surface area contributed by atoms with Crippen LogP contribution in [0.15, 0.2) is 18.2 Å². The Hall–Kier alpha value is -2.23. The van der Waals surface area contributed by atoms with Gasteiger partial charge in [-0.1, -0.05) is 0 Å². The van der Waals surface area contributed by atoms with E-state index >= 15 is 0 Å². The molecule has 1 heterocycles. The maximum Gasteiger partial charge on any atom is 0.417 e. The van der Waals surface area contributed by atoms with Gasteiger partial charge < -0.3 is 10.6 Å². The average Bonchev–Trinajstić information content (AvgIpc) is 2.46. The third kappa shape index (κ3) is 3.16. The zero-order chi connectivity index (χ0) is 16.5. The molecule has 1 aromatic carbocycles. The molecule has 0 saturated carbocycles. The SMILES string of the molecule is CC1CCC(C(N)=O)CN1c1ccc(C#N)c(C(F)(F)F)c1. The van der Waals surface area contributed by atoms with Gasteiger partial charge in [0.25, 0.3) is 0 Å². The van der Waals surface area contributed by atoms with Crippen molar-refractivity contribution in [1.82, 2.24) is 0 Å². The van der Waals surface area contributed by atoms with Crippen LogP contribution in [-0.4, -0.2) is 18.5 Å². The number of rotatable bonds is 2. The largest absolute Gasteiger partial charge is 0.417 e. The van der Waals surface area contributed by atoms with Crippen LogP contribution in [0, 0.1) is 17.2 Å². The quantitative estimate of drug-likeness (QED) is 0.913. The van der Waals surface area contributed by atoms with Crippen molar-refractivity contribution >= 4 is 11.6 Å². The van der Waals surface area contributed by atoms with Crippen LogP contribution in [0.2, 0.25) is 0 Å². The first-order valence-corrected chi connectivity index (χ1v) is 6.91. The lowest BCUT2D eigenvalue weighted by Crippen LogP contribution is -2.46. The molecule has 22 heavy (non-hydrogen) atoms. The number of hydrogen-bond acceptors (Lipinski definition) is 3. The zero-order valence-corrected chi connectivity index (χ0v) is 12.0. The number of carbonyl (C=O) groups excluding carboxylic acids is 1. The van der Waals surface area contributed by atoms with E-state index in [1.54, 1.807) is 11.0 Å². The molecule has 118 valence electrons. The lowest BCUT2D eigenvalue weighted by atomic mass is 9.92. The standard InChI is InChI=1S/C15H16F3N3O/c1-9-2-3-11(14(20)22)8-21(9)12-5-4-10(7-19)13(6-12)15(16,17)18/h4-6,9,11H,2-3,8H2,1H3,(H2,20,22). The van der Waals surface area contributed by atoms with Gasteiger partial charge in [-0.05, 0) is 38.0 Å². The number of anilines is 1. The van der Waals surface area contributed by atoms with E-state index in [-0.39, 0.29) is 12.0 Å². The molecule has 1 fully saturated rings. The van der Waals surface area contributed by atoms with E-state index in [4.69, 9.17) is 11.0 Å². The molecule has 4 nitrogen and oxygen atoms in total. The minimum Gasteiger partial charge on any atom is -0.369 e. The molecule has 1 aliphatic rings. The highest BCUT2D eigenvalue weighted by molar-refractivity contribution is 5.77. The van der Waals surface area contributed by atoms with Crippen LogP contribution in [0.25, 0.3) is 0 Å². The van der Waals surface area contributed by atoms with E-state index in [9.17, 15) is 18.0 Å². The third-order valence-corrected chi connectivity index (χ3v) is 4.05. The van der Waals surface area contributed by atoms with Gasteiger partial charge in [0.15, 0.2) is 0 Å². The smallest absolute Gasteiger partial charge is 0.369 e. The molecular formula is C15H16F3N3O. The van der Waals surface area contributed by atoms with Gasteiger partial charge in [-0.15, -0.1) is 0 Å². The molecule has 2 atom stereocenters. The number of nitrogens with two attached hydrogens (primary N) is 1. The molecule has 2 N–H and O–H groups in total. The first kappa shape index (κ1) is 16.1. The van der Waals surface area contributed by atoms with E-state index < -0.39 is 23.2 Å². The fraction of sp³-hybridized carbons (Fsp3) is 0.467. The second kappa shape index (κ2) is 5.87. The Morgan fingerprint density at radius 3 is 2.64 bits per heavy atom. The van der Waals surface area contributed by atoms with E-state index in [2.05, 4.69) is 0 Å². The van der Waals surface area contributed by atoms with E-state index in [0.717, 1.165) is 6.07 Å². The number of piperidine rings is 1. The molecule has 1 amide bonds. The summed E-state index contributed by atoms with van der Waals surface area (Å²) < 4.78 is 39.1. The Balaban J connectivity index is 2.39. The maximum absolute atomic E-state index is 13.0. The molecule has 2 rings (SSSR count). The number of amides is 1. The first-order chi connectivity index (χ1) is 10.2. The van der Waals surface area contributed by atoms with Gasteiger partial charge in [-0.25, -0.2) is 0 Å². The molecule has 0 bridgehead atoms. The minimum absolute atomic E-state index is 0.00428. The molecule has 1 aliphatic heterocycles. The number of hydrogen-bond donors (Lipinski definition) is 1. The number of benzene rings is 1. The fourth-order valence-electron chi connectivity index (χ4n) is 2.74. The Bertz CT molecular complexity index is 621. The number of nitriles is 1. The summed E-state index contributed by atoms with van der Waals surface area (Å²) >= 11 is 0. The summed E-state index contributed by atoms with van der Waals surface area (Å²) in [6, 6.07) is 5.18. The van der Waals surface area contributed by atoms with Crippen LogP contribution in [0.5, 0.6) is 0 Å². The third-order valence-electron chi connectivity index (χ3n) is 4.05. The highest BCUT2D eigenvalue weighted by atomic mass is 19.4. The number of nitrogens with zero attached hydrogens (tertiary/aromatic N) is 2. The number of halogens is 3. The maximum atomic E-state index is 13.0. The van der Waals surface area contributed by atoms with Crippen LogP contribution in [0.4, 0.5) is 18.9 Å². The molecule has 7 heteroatoms. The van der Waals surface area contributed by atoms with Crippen LogP contribution >= 0.6 is 0 Å². The summed E-state index contributed by atoms with van der Waals surface area (Å²) in [4.78, 5) is 13.1. The monoisotopic (exact) mass is 311 g/mol. The van der Waals surface area contributed by atoms with Gasteiger partial charge in [0.2, 0.25) is 5.91 Å². The Morgan fingerprint density at radius 1 is 1.41 bits per heavy atom. The minimum atomic E-state index is -4.59. The predicted octanol–water partition coefficient (Wildman–Crippen LogP) is 2.67. The molecule has 0 aromatic heterocycles. The van der Waals surface area contributed by atoms with Gasteiger partial charge in [0, 0.05) is 18.3 Å². The number of alkyl halides is 3. The number of primary amides is 1. The van der Waals surface area contributed by atoms with Crippen LogP contribution in [0.3, 0.4) is 0 Å². The zero-order valence-electron chi connectivity index (χ0n) is 12.0. The van der Waals surface area contributed by atoms with Gasteiger partial charge in [-0.3, -0.25) is 4.79 Å². The second-order valence-electron chi connectivity index (χ2n) is 5.52. The van der Waals surface area contributed by atoms with Crippen molar-refractivity contribution in [2.24, 2.45) is 11.7 Å².